The molecule has 0 bridgehead atoms. The van der Waals surface area contributed by atoms with Crippen LogP contribution in [-0.4, -0.2) is 11.5 Å². The Bertz CT molecular complexity index is 502. The summed E-state index contributed by atoms with van der Waals surface area (Å²) in [7, 11) is 0. The van der Waals surface area contributed by atoms with Crippen LogP contribution in [0.5, 0.6) is 0 Å². The van der Waals surface area contributed by atoms with Gasteiger partial charge in [-0.15, -0.1) is 11.3 Å². The van der Waals surface area contributed by atoms with E-state index in [-0.39, 0.29) is 5.25 Å². The molecular formula is C11H10Br2N2S2. The zero-order valence-corrected chi connectivity index (χ0v) is 13.6. The summed E-state index contributed by atoms with van der Waals surface area (Å²) in [5, 5.41) is 3.30. The van der Waals surface area contributed by atoms with Gasteiger partial charge in [-0.05, 0) is 50.1 Å². The minimum atomic E-state index is 0.248. The summed E-state index contributed by atoms with van der Waals surface area (Å²) in [6, 6.07) is 6.02. The topological polar surface area (TPSA) is 38.9 Å². The molecule has 0 aromatic carbocycles. The number of aromatic nitrogens is 1. The summed E-state index contributed by atoms with van der Waals surface area (Å²) < 4.78 is 2.12. The van der Waals surface area contributed by atoms with Crippen LogP contribution in [0.3, 0.4) is 0 Å². The van der Waals surface area contributed by atoms with Crippen LogP contribution in [0.2, 0.25) is 0 Å². The zero-order chi connectivity index (χ0) is 12.3. The Morgan fingerprint density at radius 3 is 2.88 bits per heavy atom. The molecule has 2 rings (SSSR count). The van der Waals surface area contributed by atoms with Crippen molar-refractivity contribution in [3.63, 3.8) is 0 Å². The van der Waals surface area contributed by atoms with Gasteiger partial charge >= 0.3 is 0 Å². The van der Waals surface area contributed by atoms with Gasteiger partial charge in [0.1, 0.15) is 5.03 Å². The summed E-state index contributed by atoms with van der Waals surface area (Å²) in [4.78, 5) is 5.62. The van der Waals surface area contributed by atoms with E-state index in [0.717, 1.165) is 14.0 Å². The lowest BCUT2D eigenvalue weighted by Crippen LogP contribution is -2.08. The molecule has 2 nitrogen and oxygen atoms in total. The molecule has 0 aliphatic heterocycles. The predicted octanol–water partition coefficient (Wildman–Crippen LogP) is 4.46. The second kappa shape index (κ2) is 6.33. The molecule has 17 heavy (non-hydrogen) atoms. The molecule has 90 valence electrons. The molecule has 1 atom stereocenters. The first-order valence-corrected chi connectivity index (χ1v) is 8.26. The fourth-order valence-corrected chi connectivity index (χ4v) is 4.45. The SMILES string of the molecule is NCC(Sc1ncccc1Br)c1cc(Br)cs1. The number of thiophene rings is 1. The number of hydrogen-bond donors (Lipinski definition) is 1. The predicted molar refractivity (Wildman–Crippen MR) is 81.6 cm³/mol. The third-order valence-electron chi connectivity index (χ3n) is 2.10. The maximum Gasteiger partial charge on any atom is 0.111 e. The van der Waals surface area contributed by atoms with Crippen molar-refractivity contribution in [2.24, 2.45) is 5.73 Å². The lowest BCUT2D eigenvalue weighted by molar-refractivity contribution is 0.951. The highest BCUT2D eigenvalue weighted by molar-refractivity contribution is 9.10. The molecule has 2 N–H and O–H groups in total. The van der Waals surface area contributed by atoms with Crippen LogP contribution in [0.1, 0.15) is 10.1 Å². The second-order valence-corrected chi connectivity index (χ2v) is 7.20. The van der Waals surface area contributed by atoms with Crippen LogP contribution in [0.15, 0.2) is 43.7 Å². The van der Waals surface area contributed by atoms with Crippen LogP contribution in [-0.2, 0) is 0 Å². The van der Waals surface area contributed by atoms with Crippen molar-refractivity contribution >= 4 is 55.0 Å². The van der Waals surface area contributed by atoms with Crippen LogP contribution in [0.25, 0.3) is 0 Å². The molecule has 2 heterocycles. The molecule has 2 aromatic rings. The molecule has 0 aliphatic rings. The summed E-state index contributed by atoms with van der Waals surface area (Å²) in [6.07, 6.45) is 1.80. The summed E-state index contributed by atoms with van der Waals surface area (Å²) in [5.74, 6) is 0. The molecule has 1 unspecified atom stereocenters. The smallest absolute Gasteiger partial charge is 0.111 e. The number of rotatable bonds is 4. The van der Waals surface area contributed by atoms with E-state index >= 15 is 0 Å². The number of pyridine rings is 1. The minimum absolute atomic E-state index is 0.248. The van der Waals surface area contributed by atoms with Gasteiger partial charge < -0.3 is 5.73 Å². The Kier molecular flexibility index (Phi) is 5.05. The van der Waals surface area contributed by atoms with E-state index in [4.69, 9.17) is 5.73 Å². The lowest BCUT2D eigenvalue weighted by atomic mass is 10.3. The quantitative estimate of drug-likeness (QED) is 0.779. The first kappa shape index (κ1) is 13.5. The zero-order valence-electron chi connectivity index (χ0n) is 8.77. The second-order valence-electron chi connectivity index (χ2n) is 3.30. The fourth-order valence-electron chi connectivity index (χ4n) is 1.31. The van der Waals surface area contributed by atoms with Gasteiger partial charge in [0, 0.05) is 31.9 Å². The maximum absolute atomic E-state index is 5.84. The maximum atomic E-state index is 5.84. The van der Waals surface area contributed by atoms with Gasteiger partial charge in [-0.1, -0.05) is 11.8 Å². The Morgan fingerprint density at radius 2 is 2.29 bits per heavy atom. The van der Waals surface area contributed by atoms with Crippen molar-refractivity contribution in [3.05, 3.63) is 43.6 Å². The van der Waals surface area contributed by atoms with E-state index in [1.54, 1.807) is 29.3 Å². The molecule has 0 radical (unpaired) electrons. The van der Waals surface area contributed by atoms with Gasteiger partial charge in [0.05, 0.1) is 5.25 Å². The van der Waals surface area contributed by atoms with Gasteiger partial charge in [0.2, 0.25) is 0 Å². The van der Waals surface area contributed by atoms with Crippen molar-refractivity contribution in [2.45, 2.75) is 10.3 Å². The molecule has 0 saturated carbocycles. The van der Waals surface area contributed by atoms with Crippen LogP contribution in [0, 0.1) is 0 Å². The highest BCUT2D eigenvalue weighted by Gasteiger charge is 2.15. The molecular weight excluding hydrogens is 384 g/mol. The van der Waals surface area contributed by atoms with Crippen molar-refractivity contribution < 1.29 is 0 Å². The van der Waals surface area contributed by atoms with Crippen molar-refractivity contribution in [3.8, 4) is 0 Å². The highest BCUT2D eigenvalue weighted by Crippen LogP contribution is 2.39. The number of halogens is 2. The molecule has 0 aliphatic carbocycles. The van der Waals surface area contributed by atoms with E-state index < -0.39 is 0 Å². The van der Waals surface area contributed by atoms with E-state index in [9.17, 15) is 0 Å². The number of thioether (sulfide) groups is 1. The normalized spacial score (nSPS) is 12.6. The van der Waals surface area contributed by atoms with Crippen LogP contribution < -0.4 is 5.73 Å². The fraction of sp³-hybridized carbons (Fsp3) is 0.182. The highest BCUT2D eigenvalue weighted by atomic mass is 79.9. The minimum Gasteiger partial charge on any atom is -0.329 e. The van der Waals surface area contributed by atoms with Gasteiger partial charge in [-0.2, -0.15) is 0 Å². The largest absolute Gasteiger partial charge is 0.329 e. The molecule has 0 saturated heterocycles. The van der Waals surface area contributed by atoms with Crippen molar-refractivity contribution in [1.29, 1.82) is 0 Å². The molecule has 0 fully saturated rings. The van der Waals surface area contributed by atoms with E-state index in [0.29, 0.717) is 6.54 Å². The first-order valence-electron chi connectivity index (χ1n) is 4.92. The third-order valence-corrected chi connectivity index (χ3v) is 6.24. The van der Waals surface area contributed by atoms with Crippen LogP contribution >= 0.6 is 55.0 Å². The Labute approximate surface area is 125 Å². The van der Waals surface area contributed by atoms with E-state index in [2.05, 4.69) is 48.3 Å². The summed E-state index contributed by atoms with van der Waals surface area (Å²) >= 11 is 10.4. The molecule has 0 spiro atoms. The van der Waals surface area contributed by atoms with Gasteiger partial charge in [0.15, 0.2) is 0 Å². The average Bonchev–Trinajstić information content (AvgIpc) is 2.75. The van der Waals surface area contributed by atoms with Crippen molar-refractivity contribution in [2.75, 3.05) is 6.54 Å². The Hall–Kier alpha value is 0.120. The standard InChI is InChI=1S/C11H10Br2N2S2/c12-7-4-9(16-6-7)10(5-14)17-11-8(13)2-1-3-15-11/h1-4,6,10H,5,14H2. The first-order chi connectivity index (χ1) is 8.20. The molecule has 2 aromatic heterocycles. The van der Waals surface area contributed by atoms with Crippen molar-refractivity contribution in [1.82, 2.24) is 4.98 Å². The Morgan fingerprint density at radius 1 is 1.47 bits per heavy atom. The van der Waals surface area contributed by atoms with Gasteiger partial charge in [-0.3, -0.25) is 0 Å². The average molecular weight is 394 g/mol. The number of nitrogens with zero attached hydrogens (tertiary/aromatic N) is 1. The van der Waals surface area contributed by atoms with E-state index in [1.807, 2.05) is 12.1 Å². The monoisotopic (exact) mass is 392 g/mol. The Balaban J connectivity index is 2.18. The summed E-state index contributed by atoms with van der Waals surface area (Å²) in [6.45, 7) is 0.598. The van der Waals surface area contributed by atoms with Gasteiger partial charge in [-0.25, -0.2) is 4.98 Å². The molecule has 0 amide bonds. The molecule has 6 heteroatoms. The summed E-state index contributed by atoms with van der Waals surface area (Å²) in [5.41, 5.74) is 5.84. The number of hydrogen-bond acceptors (Lipinski definition) is 4. The van der Waals surface area contributed by atoms with E-state index in [1.165, 1.54) is 4.88 Å². The lowest BCUT2D eigenvalue weighted by Gasteiger charge is -2.12. The number of nitrogens with two attached hydrogens (primary N) is 1. The van der Waals surface area contributed by atoms with Crippen LogP contribution in [0.4, 0.5) is 0 Å². The van der Waals surface area contributed by atoms with Gasteiger partial charge in [0.25, 0.3) is 0 Å². The third kappa shape index (κ3) is 3.54.